The van der Waals surface area contributed by atoms with Crippen molar-refractivity contribution in [3.63, 3.8) is 0 Å². The normalized spacial score (nSPS) is 11.6. The van der Waals surface area contributed by atoms with Crippen LogP contribution in [-0.4, -0.2) is 25.9 Å². The average Bonchev–Trinajstić information content (AvgIpc) is 2.60. The number of nitrogens with zero attached hydrogens (tertiary/aromatic N) is 6. The van der Waals surface area contributed by atoms with Crippen LogP contribution in [-0.2, 0) is 20.2 Å². The fraction of sp³-hybridized carbons (Fsp3) is 0. The zero-order valence-corrected chi connectivity index (χ0v) is 15.3. The van der Waals surface area contributed by atoms with Crippen LogP contribution in [0.5, 0.6) is 0 Å². The predicted octanol–water partition coefficient (Wildman–Crippen LogP) is 4.23. The molecular formula is C14H10N6O6S2. The van der Waals surface area contributed by atoms with Crippen molar-refractivity contribution in [1.29, 1.82) is 0 Å². The van der Waals surface area contributed by atoms with Gasteiger partial charge in [0, 0.05) is 15.5 Å². The molecule has 0 aliphatic carbocycles. The zero-order valence-electron chi connectivity index (χ0n) is 13.6. The van der Waals surface area contributed by atoms with Crippen molar-refractivity contribution in [2.75, 3.05) is 0 Å². The third-order valence-electron chi connectivity index (χ3n) is 3.34. The molecule has 12 nitrogen and oxygen atoms in total. The van der Waals surface area contributed by atoms with Crippen molar-refractivity contribution in [1.82, 2.24) is 0 Å². The van der Waals surface area contributed by atoms with Crippen LogP contribution in [0, 0.1) is 0 Å². The lowest BCUT2D eigenvalue weighted by Crippen LogP contribution is -2.02. The third kappa shape index (κ3) is 4.66. The van der Waals surface area contributed by atoms with Gasteiger partial charge in [-0.25, -0.2) is 0 Å². The molecule has 0 unspecified atom stereocenters. The Morgan fingerprint density at radius 2 is 1.43 bits per heavy atom. The predicted molar refractivity (Wildman–Crippen MR) is 99.1 cm³/mol. The Labute approximate surface area is 158 Å². The summed E-state index contributed by atoms with van der Waals surface area (Å²) in [5, 5.41) is 6.38. The first-order valence-corrected chi connectivity index (χ1v) is 9.97. The Balaban J connectivity index is 2.78. The number of benzene rings is 2. The Kier molecular flexibility index (Phi) is 6.06. The highest BCUT2D eigenvalue weighted by Gasteiger charge is 2.21. The molecule has 0 aliphatic heterocycles. The molecule has 0 fully saturated rings. The lowest BCUT2D eigenvalue weighted by molar-refractivity contribution is 0.480. The Bertz CT molecular complexity index is 1270. The van der Waals surface area contributed by atoms with Crippen LogP contribution in [0.3, 0.4) is 0 Å². The van der Waals surface area contributed by atoms with Gasteiger partial charge in [-0.15, -0.1) is 0 Å². The first kappa shape index (κ1) is 20.9. The molecule has 2 N–H and O–H groups in total. The highest BCUT2D eigenvalue weighted by atomic mass is 32.2. The second-order valence-electron chi connectivity index (χ2n) is 5.05. The van der Waals surface area contributed by atoms with E-state index in [4.69, 9.17) is 11.1 Å². The van der Waals surface area contributed by atoms with E-state index in [1.54, 1.807) is 0 Å². The molecule has 14 heteroatoms. The molecule has 0 aliphatic rings. The summed E-state index contributed by atoms with van der Waals surface area (Å²) in [6.07, 6.45) is 2.28. The van der Waals surface area contributed by atoms with Crippen LogP contribution < -0.4 is 0 Å². The largest absolute Gasteiger partial charge is 0.295 e. The van der Waals surface area contributed by atoms with E-state index in [1.807, 2.05) is 0 Å². The topological polar surface area (TPSA) is 206 Å². The molecule has 0 saturated carbocycles. The van der Waals surface area contributed by atoms with Gasteiger partial charge in [-0.05, 0) is 28.3 Å². The minimum atomic E-state index is -4.94. The molecule has 2 aromatic carbocycles. The molecule has 2 aromatic rings. The van der Waals surface area contributed by atoms with Gasteiger partial charge in [0.25, 0.3) is 20.2 Å². The molecule has 2 rings (SSSR count). The lowest BCUT2D eigenvalue weighted by Gasteiger charge is -2.09. The molecule has 0 heterocycles. The maximum atomic E-state index is 11.8. The van der Waals surface area contributed by atoms with Crippen LogP contribution in [0.15, 0.2) is 56.4 Å². The Hall–Kier alpha value is -3.38. The van der Waals surface area contributed by atoms with Crippen molar-refractivity contribution >= 4 is 43.8 Å². The van der Waals surface area contributed by atoms with Crippen molar-refractivity contribution in [2.45, 2.75) is 9.79 Å². The SMILES string of the molecule is [N-]=[N+]=Nc1ccc(C=Cc2ccccc2S(=O)(=O)O)c(S(=O)(=O)O)c1N=[N+]=[N-]. The summed E-state index contributed by atoms with van der Waals surface area (Å²) in [5.74, 6) is 0. The van der Waals surface area contributed by atoms with Crippen molar-refractivity contribution < 1.29 is 25.9 Å². The summed E-state index contributed by atoms with van der Waals surface area (Å²) < 4.78 is 65.3. The molecule has 0 saturated heterocycles. The summed E-state index contributed by atoms with van der Waals surface area (Å²) >= 11 is 0. The molecule has 28 heavy (non-hydrogen) atoms. The van der Waals surface area contributed by atoms with Gasteiger partial charge in [0.15, 0.2) is 0 Å². The van der Waals surface area contributed by atoms with Gasteiger partial charge < -0.3 is 0 Å². The first-order chi connectivity index (χ1) is 13.1. The van der Waals surface area contributed by atoms with Crippen LogP contribution in [0.4, 0.5) is 11.4 Å². The standard InChI is InChI=1S/C14H10N6O6S2/c15-19-17-11-8-7-10(14(28(24,25)26)13(11)18-20-16)6-5-9-3-1-2-4-12(9)27(21,22)23/h1-8H,(H,21,22,23)(H,24,25,26). The summed E-state index contributed by atoms with van der Waals surface area (Å²) in [7, 11) is -9.48. The van der Waals surface area contributed by atoms with Gasteiger partial charge in [0.2, 0.25) is 0 Å². The fourth-order valence-corrected chi connectivity index (χ4v) is 3.79. The molecule has 0 spiro atoms. The minimum Gasteiger partial charge on any atom is -0.282 e. The van der Waals surface area contributed by atoms with E-state index in [-0.39, 0.29) is 16.8 Å². The van der Waals surface area contributed by atoms with E-state index in [0.29, 0.717) is 0 Å². The number of rotatable bonds is 6. The summed E-state index contributed by atoms with van der Waals surface area (Å²) in [5.41, 5.74) is 16.1. The second-order valence-corrected chi connectivity index (χ2v) is 7.80. The number of hydrogen-bond acceptors (Lipinski definition) is 6. The van der Waals surface area contributed by atoms with E-state index in [2.05, 4.69) is 20.1 Å². The van der Waals surface area contributed by atoms with Crippen molar-refractivity contribution in [3.05, 3.63) is 68.4 Å². The van der Waals surface area contributed by atoms with Crippen molar-refractivity contribution in [3.8, 4) is 0 Å². The van der Waals surface area contributed by atoms with Gasteiger partial charge in [-0.1, -0.05) is 52.7 Å². The van der Waals surface area contributed by atoms with Crippen molar-refractivity contribution in [2.24, 2.45) is 10.2 Å². The lowest BCUT2D eigenvalue weighted by atomic mass is 10.1. The molecule has 0 amide bonds. The van der Waals surface area contributed by atoms with Crippen LogP contribution in [0.1, 0.15) is 11.1 Å². The van der Waals surface area contributed by atoms with E-state index in [9.17, 15) is 25.9 Å². The van der Waals surface area contributed by atoms with Gasteiger partial charge in [0.05, 0.1) is 5.69 Å². The molecular weight excluding hydrogens is 412 g/mol. The maximum absolute atomic E-state index is 11.8. The van der Waals surface area contributed by atoms with E-state index >= 15 is 0 Å². The maximum Gasteiger partial charge on any atom is 0.295 e. The monoisotopic (exact) mass is 422 g/mol. The molecule has 144 valence electrons. The zero-order chi connectivity index (χ0) is 20.9. The summed E-state index contributed by atoms with van der Waals surface area (Å²) in [6.45, 7) is 0. The Morgan fingerprint density at radius 1 is 0.821 bits per heavy atom. The highest BCUT2D eigenvalue weighted by Crippen LogP contribution is 2.38. The summed E-state index contributed by atoms with van der Waals surface area (Å²) in [6, 6.07) is 7.62. The number of hydrogen-bond donors (Lipinski definition) is 2. The molecule has 0 bridgehead atoms. The fourth-order valence-electron chi connectivity index (χ4n) is 2.28. The highest BCUT2D eigenvalue weighted by molar-refractivity contribution is 7.86. The van der Waals surface area contributed by atoms with Gasteiger partial charge in [-0.3, -0.25) is 9.11 Å². The smallest absolute Gasteiger partial charge is 0.282 e. The van der Waals surface area contributed by atoms with E-state index < -0.39 is 35.7 Å². The average molecular weight is 422 g/mol. The molecule has 0 radical (unpaired) electrons. The molecule has 0 aromatic heterocycles. The second kappa shape index (κ2) is 8.10. The first-order valence-electron chi connectivity index (χ1n) is 7.09. The van der Waals surface area contributed by atoms with Crippen LogP contribution >= 0.6 is 0 Å². The number of azide groups is 2. The Morgan fingerprint density at radius 3 is 2.00 bits per heavy atom. The van der Waals surface area contributed by atoms with Gasteiger partial charge in [0.1, 0.15) is 9.79 Å². The quantitative estimate of drug-likeness (QED) is 0.228. The van der Waals surface area contributed by atoms with Gasteiger partial charge >= 0.3 is 0 Å². The third-order valence-corrected chi connectivity index (χ3v) is 5.21. The summed E-state index contributed by atoms with van der Waals surface area (Å²) in [4.78, 5) is 3.68. The van der Waals surface area contributed by atoms with E-state index in [0.717, 1.165) is 24.3 Å². The minimum absolute atomic E-state index is 0.0238. The van der Waals surface area contributed by atoms with E-state index in [1.165, 1.54) is 24.3 Å². The van der Waals surface area contributed by atoms with Crippen LogP contribution in [0.25, 0.3) is 33.0 Å². The van der Waals surface area contributed by atoms with Crippen LogP contribution in [0.2, 0.25) is 0 Å². The van der Waals surface area contributed by atoms with Gasteiger partial charge in [-0.2, -0.15) is 16.8 Å². The molecule has 0 atom stereocenters.